The second-order valence-electron chi connectivity index (χ2n) is 7.16. The van der Waals surface area contributed by atoms with Crippen LogP contribution in [0.2, 0.25) is 0 Å². The van der Waals surface area contributed by atoms with E-state index in [2.05, 4.69) is 85.3 Å². The summed E-state index contributed by atoms with van der Waals surface area (Å²) in [6.45, 7) is 7.26. The smallest absolute Gasteiger partial charge is 0.303 e. The van der Waals surface area contributed by atoms with E-state index in [-0.39, 0.29) is 6.42 Å². The predicted molar refractivity (Wildman–Crippen MR) is 123 cm³/mol. The Morgan fingerprint density at radius 3 is 2.66 bits per heavy atom. The zero-order valence-corrected chi connectivity index (χ0v) is 17.6. The van der Waals surface area contributed by atoms with Gasteiger partial charge in [0.2, 0.25) is 0 Å². The summed E-state index contributed by atoms with van der Waals surface area (Å²) in [7, 11) is 0. The zero-order chi connectivity index (χ0) is 20.6. The van der Waals surface area contributed by atoms with Crippen LogP contribution in [0.1, 0.15) is 36.8 Å². The highest BCUT2D eigenvalue weighted by Crippen LogP contribution is 2.36. The van der Waals surface area contributed by atoms with Gasteiger partial charge in [0.15, 0.2) is 0 Å². The average molecular weight is 406 g/mol. The SMILES string of the molecule is C=C(C=C1C=CN(CCCCCC(=O)O)c2ccccc21)Sc1ccccc1C. The first-order chi connectivity index (χ1) is 14.0. The van der Waals surface area contributed by atoms with Gasteiger partial charge in [-0.2, -0.15) is 0 Å². The summed E-state index contributed by atoms with van der Waals surface area (Å²) in [5.41, 5.74) is 4.81. The van der Waals surface area contributed by atoms with Gasteiger partial charge in [0, 0.05) is 40.2 Å². The van der Waals surface area contributed by atoms with E-state index in [4.69, 9.17) is 5.11 Å². The minimum Gasteiger partial charge on any atom is -0.481 e. The van der Waals surface area contributed by atoms with Crippen LogP contribution in [0.15, 0.2) is 83.3 Å². The number of anilines is 1. The van der Waals surface area contributed by atoms with Crippen molar-refractivity contribution in [2.24, 2.45) is 0 Å². The molecular formula is C25H27NO2S. The maximum Gasteiger partial charge on any atom is 0.303 e. The molecule has 150 valence electrons. The maximum atomic E-state index is 10.6. The first-order valence-electron chi connectivity index (χ1n) is 9.95. The molecule has 1 aliphatic heterocycles. The summed E-state index contributed by atoms with van der Waals surface area (Å²) in [5.74, 6) is -0.716. The van der Waals surface area contributed by atoms with E-state index in [0.717, 1.165) is 36.3 Å². The van der Waals surface area contributed by atoms with E-state index in [1.807, 2.05) is 0 Å². The summed E-state index contributed by atoms with van der Waals surface area (Å²) in [6, 6.07) is 16.8. The summed E-state index contributed by atoms with van der Waals surface area (Å²) in [5, 5.41) is 8.76. The van der Waals surface area contributed by atoms with Crippen LogP contribution in [0.4, 0.5) is 5.69 Å². The number of rotatable bonds is 9. The maximum absolute atomic E-state index is 10.6. The van der Waals surface area contributed by atoms with Crippen molar-refractivity contribution < 1.29 is 9.90 Å². The summed E-state index contributed by atoms with van der Waals surface area (Å²) in [6.07, 6.45) is 9.29. The van der Waals surface area contributed by atoms with Gasteiger partial charge in [-0.25, -0.2) is 0 Å². The number of thioether (sulfide) groups is 1. The first-order valence-corrected chi connectivity index (χ1v) is 10.8. The Balaban J connectivity index is 1.69. The number of allylic oxidation sites excluding steroid dienone is 3. The number of carbonyl (C=O) groups is 1. The van der Waals surface area contributed by atoms with Crippen molar-refractivity contribution in [1.82, 2.24) is 0 Å². The number of fused-ring (bicyclic) bond motifs is 1. The highest BCUT2D eigenvalue weighted by Gasteiger charge is 2.16. The molecule has 0 unspecified atom stereocenters. The number of nitrogens with zero attached hydrogens (tertiary/aromatic N) is 1. The van der Waals surface area contributed by atoms with Crippen LogP contribution >= 0.6 is 11.8 Å². The molecule has 0 aromatic heterocycles. The fourth-order valence-electron chi connectivity index (χ4n) is 3.38. The summed E-state index contributed by atoms with van der Waals surface area (Å²) in [4.78, 5) is 15.1. The molecule has 0 saturated carbocycles. The molecule has 2 aromatic rings. The molecule has 0 saturated heterocycles. The quantitative estimate of drug-likeness (QED) is 0.374. The topological polar surface area (TPSA) is 40.5 Å². The van der Waals surface area contributed by atoms with Crippen LogP contribution in [0.25, 0.3) is 5.57 Å². The van der Waals surface area contributed by atoms with Gasteiger partial charge < -0.3 is 10.0 Å². The molecule has 1 N–H and O–H groups in total. The molecule has 0 spiro atoms. The third-order valence-corrected chi connectivity index (χ3v) is 5.96. The van der Waals surface area contributed by atoms with Gasteiger partial charge in [0.25, 0.3) is 0 Å². The minimum absolute atomic E-state index is 0.250. The molecule has 0 aliphatic carbocycles. The predicted octanol–water partition coefficient (Wildman–Crippen LogP) is 6.66. The monoisotopic (exact) mass is 405 g/mol. The van der Waals surface area contributed by atoms with Gasteiger partial charge in [-0.3, -0.25) is 4.79 Å². The van der Waals surface area contributed by atoms with Crippen LogP contribution in [-0.2, 0) is 4.79 Å². The van der Waals surface area contributed by atoms with Crippen molar-refractivity contribution in [3.8, 4) is 0 Å². The van der Waals surface area contributed by atoms with Crippen molar-refractivity contribution in [2.45, 2.75) is 37.5 Å². The minimum atomic E-state index is -0.716. The molecule has 0 amide bonds. The average Bonchev–Trinajstić information content (AvgIpc) is 2.70. The Morgan fingerprint density at radius 2 is 1.86 bits per heavy atom. The molecule has 0 fully saturated rings. The van der Waals surface area contributed by atoms with Crippen LogP contribution in [0.5, 0.6) is 0 Å². The lowest BCUT2D eigenvalue weighted by Crippen LogP contribution is -2.21. The molecule has 0 bridgehead atoms. The van der Waals surface area contributed by atoms with Gasteiger partial charge in [0.05, 0.1) is 0 Å². The van der Waals surface area contributed by atoms with Gasteiger partial charge in [-0.05, 0) is 55.2 Å². The lowest BCUT2D eigenvalue weighted by molar-refractivity contribution is -0.137. The van der Waals surface area contributed by atoms with E-state index >= 15 is 0 Å². The normalized spacial score (nSPS) is 14.1. The molecule has 4 heteroatoms. The Hall–Kier alpha value is -2.72. The molecule has 2 aromatic carbocycles. The third-order valence-electron chi connectivity index (χ3n) is 4.90. The van der Waals surface area contributed by atoms with E-state index < -0.39 is 5.97 Å². The number of hydrogen-bond acceptors (Lipinski definition) is 3. The van der Waals surface area contributed by atoms with Gasteiger partial charge in [0.1, 0.15) is 0 Å². The zero-order valence-electron chi connectivity index (χ0n) is 16.8. The fraction of sp³-hybridized carbons (Fsp3) is 0.240. The van der Waals surface area contributed by atoms with Gasteiger partial charge in [-0.1, -0.05) is 61.2 Å². The molecular weight excluding hydrogens is 378 g/mol. The standard InChI is InChI=1S/C25H27NO2S/c1-19-10-5-8-13-24(19)29-20(2)18-21-15-17-26(16-9-3-4-14-25(27)28)23-12-7-6-11-22(21)23/h5-8,10-13,15,17-18H,2-4,9,14,16H2,1H3,(H,27,28). The number of aliphatic carboxylic acids is 1. The van der Waals surface area contributed by atoms with E-state index in [1.54, 1.807) is 11.8 Å². The van der Waals surface area contributed by atoms with Crippen molar-refractivity contribution in [1.29, 1.82) is 0 Å². The number of hydrogen-bond donors (Lipinski definition) is 1. The highest BCUT2D eigenvalue weighted by atomic mass is 32.2. The number of carboxylic acids is 1. The van der Waals surface area contributed by atoms with E-state index in [1.165, 1.54) is 21.7 Å². The Bertz CT molecular complexity index is 945. The number of unbranched alkanes of at least 4 members (excludes halogenated alkanes) is 2. The Morgan fingerprint density at radius 1 is 1.10 bits per heavy atom. The van der Waals surface area contributed by atoms with Crippen molar-refractivity contribution in [2.75, 3.05) is 11.4 Å². The molecule has 3 nitrogen and oxygen atoms in total. The summed E-state index contributed by atoms with van der Waals surface area (Å²) < 4.78 is 0. The lowest BCUT2D eigenvalue weighted by atomic mass is 9.99. The molecule has 0 atom stereocenters. The second-order valence-corrected chi connectivity index (χ2v) is 8.33. The molecule has 0 radical (unpaired) electrons. The van der Waals surface area contributed by atoms with Crippen LogP contribution in [0.3, 0.4) is 0 Å². The van der Waals surface area contributed by atoms with Gasteiger partial charge >= 0.3 is 5.97 Å². The molecule has 1 aliphatic rings. The largest absolute Gasteiger partial charge is 0.481 e. The summed E-state index contributed by atoms with van der Waals surface area (Å²) >= 11 is 1.69. The highest BCUT2D eigenvalue weighted by molar-refractivity contribution is 8.03. The second kappa shape index (κ2) is 10.2. The number of aryl methyl sites for hydroxylation is 1. The Kier molecular flexibility index (Phi) is 7.36. The van der Waals surface area contributed by atoms with Gasteiger partial charge in [-0.15, -0.1) is 0 Å². The number of para-hydroxylation sites is 1. The van der Waals surface area contributed by atoms with E-state index in [9.17, 15) is 4.79 Å². The lowest BCUT2D eigenvalue weighted by Gasteiger charge is -2.28. The molecule has 29 heavy (non-hydrogen) atoms. The third kappa shape index (κ3) is 5.88. The Labute approximate surface area is 177 Å². The van der Waals surface area contributed by atoms with Crippen molar-refractivity contribution in [3.63, 3.8) is 0 Å². The number of benzene rings is 2. The fourth-order valence-corrected chi connectivity index (χ4v) is 4.22. The number of carboxylic acid groups (broad SMARTS) is 1. The molecule has 3 rings (SSSR count). The van der Waals surface area contributed by atoms with Crippen LogP contribution < -0.4 is 4.90 Å². The van der Waals surface area contributed by atoms with E-state index in [0.29, 0.717) is 0 Å². The molecule has 1 heterocycles. The van der Waals surface area contributed by atoms with Crippen molar-refractivity contribution in [3.05, 3.63) is 89.5 Å². The van der Waals surface area contributed by atoms with Crippen molar-refractivity contribution >= 4 is 29.0 Å². The van der Waals surface area contributed by atoms with Crippen LogP contribution in [-0.4, -0.2) is 17.6 Å². The first kappa shape index (κ1) is 21.0. The van der Waals surface area contributed by atoms with Crippen LogP contribution in [0, 0.1) is 6.92 Å².